The van der Waals surface area contributed by atoms with Crippen LogP contribution in [0, 0.1) is 0 Å². The number of nitrogens with one attached hydrogen (secondary N) is 1. The van der Waals surface area contributed by atoms with Gasteiger partial charge in [-0.25, -0.2) is 4.98 Å². The number of nitrogens with zero attached hydrogens (tertiary/aromatic N) is 2. The summed E-state index contributed by atoms with van der Waals surface area (Å²) in [6.07, 6.45) is 0.106. The highest BCUT2D eigenvalue weighted by Gasteiger charge is 2.20. The van der Waals surface area contributed by atoms with Gasteiger partial charge in [-0.1, -0.05) is 42.5 Å². The topological polar surface area (TPSA) is 91.7 Å². The molecule has 1 amide bonds. The highest BCUT2D eigenvalue weighted by atomic mass is 16.5. The molecule has 3 aromatic carbocycles. The van der Waals surface area contributed by atoms with Gasteiger partial charge in [0, 0.05) is 5.56 Å². The number of rotatable bonds is 7. The van der Waals surface area contributed by atoms with Crippen molar-refractivity contribution in [2.24, 2.45) is 0 Å². The number of methoxy groups -OCH3 is 3. The van der Waals surface area contributed by atoms with Crippen LogP contribution in [0.3, 0.4) is 0 Å². The number of hydrogen-bond donors (Lipinski definition) is 1. The summed E-state index contributed by atoms with van der Waals surface area (Å²) in [5, 5.41) is 0.383. The Labute approximate surface area is 190 Å². The van der Waals surface area contributed by atoms with Crippen LogP contribution < -0.4 is 25.2 Å². The average Bonchev–Trinajstić information content (AvgIpc) is 2.85. The lowest BCUT2D eigenvalue weighted by Crippen LogP contribution is -2.35. The Morgan fingerprint density at radius 1 is 0.909 bits per heavy atom. The second kappa shape index (κ2) is 9.44. The first-order chi connectivity index (χ1) is 16.0. The summed E-state index contributed by atoms with van der Waals surface area (Å²) in [4.78, 5) is 30.9. The quantitative estimate of drug-likeness (QED) is 0.469. The number of amides is 1. The van der Waals surface area contributed by atoms with Gasteiger partial charge in [0.1, 0.15) is 0 Å². The molecule has 168 valence electrons. The molecule has 33 heavy (non-hydrogen) atoms. The highest BCUT2D eigenvalue weighted by Crippen LogP contribution is 2.40. The molecule has 1 aromatic heterocycles. The molecule has 1 heterocycles. The Balaban J connectivity index is 1.87. The molecular weight excluding hydrogens is 422 g/mol. The smallest absolute Gasteiger partial charge is 0.280 e. The molecule has 4 rings (SSSR count). The molecule has 4 aromatic rings. The van der Waals surface area contributed by atoms with Crippen LogP contribution >= 0.6 is 0 Å². The molecule has 8 nitrogen and oxygen atoms in total. The van der Waals surface area contributed by atoms with Crippen LogP contribution in [0.1, 0.15) is 5.56 Å². The fourth-order valence-electron chi connectivity index (χ4n) is 3.59. The van der Waals surface area contributed by atoms with Crippen molar-refractivity contribution in [2.75, 3.05) is 26.8 Å². The second-order valence-corrected chi connectivity index (χ2v) is 7.20. The molecule has 0 aliphatic heterocycles. The monoisotopic (exact) mass is 445 g/mol. The Kier molecular flexibility index (Phi) is 6.26. The van der Waals surface area contributed by atoms with Crippen molar-refractivity contribution in [3.8, 4) is 28.6 Å². The molecular formula is C25H23N3O5. The van der Waals surface area contributed by atoms with Crippen LogP contribution in [0.4, 0.5) is 0 Å². The first-order valence-corrected chi connectivity index (χ1v) is 10.2. The van der Waals surface area contributed by atoms with Crippen molar-refractivity contribution in [3.63, 3.8) is 0 Å². The Bertz CT molecular complexity index is 1340. The van der Waals surface area contributed by atoms with E-state index < -0.39 is 5.56 Å². The van der Waals surface area contributed by atoms with Crippen molar-refractivity contribution in [2.45, 2.75) is 6.42 Å². The Morgan fingerprint density at radius 2 is 1.55 bits per heavy atom. The number of aromatic nitrogens is 2. The molecule has 0 fully saturated rings. The largest absolute Gasteiger partial charge is 0.493 e. The summed E-state index contributed by atoms with van der Waals surface area (Å²) < 4.78 is 17.5. The van der Waals surface area contributed by atoms with Crippen molar-refractivity contribution < 1.29 is 19.0 Å². The zero-order valence-electron chi connectivity index (χ0n) is 18.5. The van der Waals surface area contributed by atoms with Gasteiger partial charge in [-0.3, -0.25) is 15.0 Å². The predicted molar refractivity (Wildman–Crippen MR) is 126 cm³/mol. The van der Waals surface area contributed by atoms with Crippen LogP contribution in [0.2, 0.25) is 0 Å². The second-order valence-electron chi connectivity index (χ2n) is 7.20. The van der Waals surface area contributed by atoms with Gasteiger partial charge in [-0.15, -0.1) is 0 Å². The van der Waals surface area contributed by atoms with Gasteiger partial charge in [0.2, 0.25) is 11.7 Å². The molecule has 1 N–H and O–H groups in total. The number of ether oxygens (including phenoxy) is 3. The molecule has 0 unspecified atom stereocenters. The van der Waals surface area contributed by atoms with Crippen molar-refractivity contribution >= 4 is 16.8 Å². The zero-order valence-corrected chi connectivity index (χ0v) is 18.5. The minimum Gasteiger partial charge on any atom is -0.493 e. The Morgan fingerprint density at radius 3 is 2.18 bits per heavy atom. The molecule has 0 bridgehead atoms. The van der Waals surface area contributed by atoms with Crippen molar-refractivity contribution in [1.82, 2.24) is 9.66 Å². The molecule has 0 saturated heterocycles. The summed E-state index contributed by atoms with van der Waals surface area (Å²) in [5.41, 5.74) is 4.15. The molecule has 0 spiro atoms. The van der Waals surface area contributed by atoms with E-state index in [1.54, 1.807) is 36.4 Å². The molecule has 8 heteroatoms. The standard InChI is InChI=1S/C25H23N3O5/c1-31-20-14-17(15-21(32-2)23(20)33-3)24-26-19-12-8-7-11-18(19)25(30)28(24)27-22(29)13-16-9-5-4-6-10-16/h4-12,14-15H,13H2,1-3H3,(H,27,29). The summed E-state index contributed by atoms with van der Waals surface area (Å²) in [5.74, 6) is 1.09. The summed E-state index contributed by atoms with van der Waals surface area (Å²) in [6.45, 7) is 0. The Hall–Kier alpha value is -4.33. The maximum absolute atomic E-state index is 13.4. The minimum absolute atomic E-state index is 0.106. The highest BCUT2D eigenvalue weighted by molar-refractivity contribution is 5.88. The molecule has 0 aliphatic rings. The fraction of sp³-hybridized carbons (Fsp3) is 0.160. The number of hydrogen-bond acceptors (Lipinski definition) is 6. The lowest BCUT2D eigenvalue weighted by atomic mass is 10.1. The first kappa shape index (κ1) is 21.9. The van der Waals surface area contributed by atoms with E-state index in [-0.39, 0.29) is 18.2 Å². The number of carbonyl (C=O) groups excluding carboxylic acids is 1. The van der Waals surface area contributed by atoms with E-state index in [0.717, 1.165) is 10.2 Å². The van der Waals surface area contributed by atoms with Gasteiger partial charge in [0.05, 0.1) is 38.7 Å². The third kappa shape index (κ3) is 4.36. The molecule has 0 radical (unpaired) electrons. The van der Waals surface area contributed by atoms with Crippen molar-refractivity contribution in [3.05, 3.63) is 82.6 Å². The lowest BCUT2D eigenvalue weighted by molar-refractivity contribution is -0.116. The number of fused-ring (bicyclic) bond motifs is 1. The first-order valence-electron chi connectivity index (χ1n) is 10.2. The van der Waals surface area contributed by atoms with Gasteiger partial charge in [-0.05, 0) is 29.8 Å². The van der Waals surface area contributed by atoms with Gasteiger partial charge < -0.3 is 14.2 Å². The maximum Gasteiger partial charge on any atom is 0.280 e. The summed E-state index contributed by atoms with van der Waals surface area (Å²) in [7, 11) is 4.52. The average molecular weight is 445 g/mol. The van der Waals surface area contributed by atoms with Crippen LogP contribution in [0.25, 0.3) is 22.3 Å². The van der Waals surface area contributed by atoms with Crippen LogP contribution in [0.5, 0.6) is 17.2 Å². The number of benzene rings is 3. The zero-order chi connectivity index (χ0) is 23.4. The molecule has 0 saturated carbocycles. The van der Waals surface area contributed by atoms with Crippen molar-refractivity contribution in [1.29, 1.82) is 0 Å². The van der Waals surface area contributed by atoms with Gasteiger partial charge in [0.15, 0.2) is 17.3 Å². The van der Waals surface area contributed by atoms with E-state index in [1.807, 2.05) is 30.3 Å². The summed E-state index contributed by atoms with van der Waals surface area (Å²) in [6, 6.07) is 19.6. The van der Waals surface area contributed by atoms with E-state index in [2.05, 4.69) is 10.4 Å². The van der Waals surface area contributed by atoms with E-state index in [9.17, 15) is 9.59 Å². The van der Waals surface area contributed by atoms with E-state index in [1.165, 1.54) is 21.3 Å². The fourth-order valence-corrected chi connectivity index (χ4v) is 3.59. The summed E-state index contributed by atoms with van der Waals surface area (Å²) >= 11 is 0. The number of carbonyl (C=O) groups is 1. The molecule has 0 aliphatic carbocycles. The van der Waals surface area contributed by atoms with Gasteiger partial charge >= 0.3 is 0 Å². The van der Waals surface area contributed by atoms with E-state index in [4.69, 9.17) is 14.2 Å². The third-order valence-corrected chi connectivity index (χ3v) is 5.14. The van der Waals surface area contributed by atoms with Gasteiger partial charge in [0.25, 0.3) is 5.56 Å². The molecule has 0 atom stereocenters. The van der Waals surface area contributed by atoms with E-state index in [0.29, 0.717) is 33.7 Å². The van der Waals surface area contributed by atoms with Crippen LogP contribution in [0.15, 0.2) is 71.5 Å². The third-order valence-electron chi connectivity index (χ3n) is 5.14. The maximum atomic E-state index is 13.4. The normalized spacial score (nSPS) is 10.6. The van der Waals surface area contributed by atoms with Crippen LogP contribution in [-0.4, -0.2) is 36.9 Å². The minimum atomic E-state index is -0.397. The number of para-hydroxylation sites is 1. The lowest BCUT2D eigenvalue weighted by Gasteiger charge is -2.17. The SMILES string of the molecule is COc1cc(-c2nc3ccccc3c(=O)n2NC(=O)Cc2ccccc2)cc(OC)c1OC. The van der Waals surface area contributed by atoms with Crippen LogP contribution in [-0.2, 0) is 11.2 Å². The van der Waals surface area contributed by atoms with Gasteiger partial charge in [-0.2, -0.15) is 4.68 Å². The van der Waals surface area contributed by atoms with E-state index >= 15 is 0 Å². The predicted octanol–water partition coefficient (Wildman–Crippen LogP) is 3.40.